The van der Waals surface area contributed by atoms with E-state index in [0.717, 1.165) is 36.8 Å². The monoisotopic (exact) mass is 388 g/mol. The van der Waals surface area contributed by atoms with Crippen LogP contribution in [0, 0.1) is 5.82 Å². The van der Waals surface area contributed by atoms with Crippen molar-refractivity contribution in [2.75, 3.05) is 0 Å². The van der Waals surface area contributed by atoms with Gasteiger partial charge in [0.15, 0.2) is 5.82 Å². The Kier molecular flexibility index (Phi) is 10.1. The van der Waals surface area contributed by atoms with Crippen LogP contribution in [0.1, 0.15) is 82.8 Å². The summed E-state index contributed by atoms with van der Waals surface area (Å²) in [6.45, 7) is 3.80. The van der Waals surface area contributed by atoms with Crippen LogP contribution in [-0.2, 0) is 12.8 Å². The Hall–Kier alpha value is -1.84. The van der Waals surface area contributed by atoms with E-state index in [1.165, 1.54) is 38.5 Å². The van der Waals surface area contributed by atoms with Crippen LogP contribution < -0.4 is 0 Å². The van der Waals surface area contributed by atoms with Crippen molar-refractivity contribution in [3.63, 3.8) is 0 Å². The Balaban J connectivity index is 1.82. The molecule has 0 fully saturated rings. The largest absolute Gasteiger partial charge is 0.248 e. The number of alkyl halides is 1. The highest BCUT2D eigenvalue weighted by Gasteiger charge is 2.09. The minimum atomic E-state index is -0.783. The normalized spacial score (nSPS) is 12.3. The SMILES string of the molecule is CCCCCCCCCc1ccc(-c2ncc(CCCC(C)F)cn2)c(F)c1. The molecule has 4 heteroatoms. The minimum absolute atomic E-state index is 0.264. The summed E-state index contributed by atoms with van der Waals surface area (Å²) in [6, 6.07) is 5.38. The molecule has 0 aliphatic rings. The molecule has 0 aliphatic heterocycles. The molecule has 0 amide bonds. The Morgan fingerprint density at radius 2 is 1.50 bits per heavy atom. The Bertz CT molecular complexity index is 684. The average molecular weight is 389 g/mol. The van der Waals surface area contributed by atoms with E-state index in [-0.39, 0.29) is 5.82 Å². The average Bonchev–Trinajstić information content (AvgIpc) is 2.68. The van der Waals surface area contributed by atoms with Crippen LogP contribution in [0.2, 0.25) is 0 Å². The molecule has 0 saturated carbocycles. The van der Waals surface area contributed by atoms with E-state index < -0.39 is 6.17 Å². The molecule has 28 heavy (non-hydrogen) atoms. The van der Waals surface area contributed by atoms with E-state index in [4.69, 9.17) is 0 Å². The fourth-order valence-corrected chi connectivity index (χ4v) is 3.39. The first-order valence-corrected chi connectivity index (χ1v) is 10.8. The molecule has 0 saturated heterocycles. The molecule has 0 aliphatic carbocycles. The summed E-state index contributed by atoms with van der Waals surface area (Å²) in [5.41, 5.74) is 2.43. The molecule has 2 aromatic rings. The zero-order valence-electron chi connectivity index (χ0n) is 17.4. The van der Waals surface area contributed by atoms with Crippen molar-refractivity contribution in [1.82, 2.24) is 9.97 Å². The number of benzene rings is 1. The molecule has 1 atom stereocenters. The molecular weight excluding hydrogens is 354 g/mol. The molecule has 1 aromatic heterocycles. The topological polar surface area (TPSA) is 25.8 Å². The van der Waals surface area contributed by atoms with Crippen LogP contribution in [0.15, 0.2) is 30.6 Å². The molecule has 2 nitrogen and oxygen atoms in total. The second kappa shape index (κ2) is 12.6. The van der Waals surface area contributed by atoms with E-state index in [9.17, 15) is 8.78 Å². The van der Waals surface area contributed by atoms with Crippen molar-refractivity contribution in [2.24, 2.45) is 0 Å². The van der Waals surface area contributed by atoms with E-state index in [1.807, 2.05) is 6.07 Å². The van der Waals surface area contributed by atoms with Gasteiger partial charge in [-0.1, -0.05) is 51.5 Å². The number of nitrogens with zero attached hydrogens (tertiary/aromatic N) is 2. The summed E-state index contributed by atoms with van der Waals surface area (Å²) in [4.78, 5) is 8.61. The van der Waals surface area contributed by atoms with Gasteiger partial charge in [0.05, 0.1) is 11.7 Å². The van der Waals surface area contributed by atoms with Crippen molar-refractivity contribution in [2.45, 2.75) is 90.6 Å². The second-order valence-corrected chi connectivity index (χ2v) is 7.77. The van der Waals surface area contributed by atoms with Crippen molar-refractivity contribution in [3.05, 3.63) is 47.5 Å². The van der Waals surface area contributed by atoms with Crippen molar-refractivity contribution >= 4 is 0 Å². The van der Waals surface area contributed by atoms with Gasteiger partial charge in [-0.15, -0.1) is 0 Å². The summed E-state index contributed by atoms with van der Waals surface area (Å²) in [7, 11) is 0. The number of aryl methyl sites for hydroxylation is 2. The Morgan fingerprint density at radius 3 is 2.14 bits per heavy atom. The fraction of sp³-hybridized carbons (Fsp3) is 0.583. The number of aromatic nitrogens is 2. The van der Waals surface area contributed by atoms with Crippen molar-refractivity contribution in [1.29, 1.82) is 0 Å². The number of unbranched alkanes of at least 4 members (excludes halogenated alkanes) is 6. The molecule has 154 valence electrons. The van der Waals surface area contributed by atoms with Gasteiger partial charge in [-0.25, -0.2) is 18.7 Å². The highest BCUT2D eigenvalue weighted by molar-refractivity contribution is 5.56. The minimum Gasteiger partial charge on any atom is -0.248 e. The molecule has 0 N–H and O–H groups in total. The van der Waals surface area contributed by atoms with Crippen LogP contribution in [0.4, 0.5) is 8.78 Å². The van der Waals surface area contributed by atoms with Crippen molar-refractivity contribution < 1.29 is 8.78 Å². The first kappa shape index (κ1) is 22.4. The van der Waals surface area contributed by atoms with Gasteiger partial charge in [0, 0.05) is 12.4 Å². The van der Waals surface area contributed by atoms with Crippen LogP contribution in [0.25, 0.3) is 11.4 Å². The maximum Gasteiger partial charge on any atom is 0.162 e. The molecular formula is C24H34F2N2. The van der Waals surface area contributed by atoms with Gasteiger partial charge >= 0.3 is 0 Å². The van der Waals surface area contributed by atoms with Crippen LogP contribution >= 0.6 is 0 Å². The lowest BCUT2D eigenvalue weighted by molar-refractivity contribution is 0.334. The van der Waals surface area contributed by atoms with Crippen molar-refractivity contribution in [3.8, 4) is 11.4 Å². The third-order valence-electron chi connectivity index (χ3n) is 5.12. The number of hydrogen-bond acceptors (Lipinski definition) is 2. The van der Waals surface area contributed by atoms with Crippen LogP contribution in [-0.4, -0.2) is 16.1 Å². The lowest BCUT2D eigenvalue weighted by Crippen LogP contribution is -1.98. The molecule has 1 unspecified atom stereocenters. The van der Waals surface area contributed by atoms with Crippen LogP contribution in [0.5, 0.6) is 0 Å². The lowest BCUT2D eigenvalue weighted by Gasteiger charge is -2.07. The highest BCUT2D eigenvalue weighted by atomic mass is 19.1. The van der Waals surface area contributed by atoms with E-state index in [2.05, 4.69) is 16.9 Å². The predicted molar refractivity (Wildman–Crippen MR) is 113 cm³/mol. The summed E-state index contributed by atoms with van der Waals surface area (Å²) in [5.74, 6) is 0.141. The quantitative estimate of drug-likeness (QED) is 0.338. The molecule has 1 heterocycles. The maximum atomic E-state index is 14.5. The number of hydrogen-bond donors (Lipinski definition) is 0. The van der Waals surface area contributed by atoms with Gasteiger partial charge in [0.25, 0.3) is 0 Å². The Morgan fingerprint density at radius 1 is 0.857 bits per heavy atom. The first-order valence-electron chi connectivity index (χ1n) is 10.8. The second-order valence-electron chi connectivity index (χ2n) is 7.77. The van der Waals surface area contributed by atoms with Gasteiger partial charge in [-0.2, -0.15) is 0 Å². The van der Waals surface area contributed by atoms with Crippen LogP contribution in [0.3, 0.4) is 0 Å². The van der Waals surface area contributed by atoms with Gasteiger partial charge < -0.3 is 0 Å². The summed E-state index contributed by atoms with van der Waals surface area (Å²) in [5, 5.41) is 0. The summed E-state index contributed by atoms with van der Waals surface area (Å²) >= 11 is 0. The zero-order chi connectivity index (χ0) is 20.2. The maximum absolute atomic E-state index is 14.5. The zero-order valence-corrected chi connectivity index (χ0v) is 17.4. The van der Waals surface area contributed by atoms with Gasteiger partial charge in [0.2, 0.25) is 0 Å². The third-order valence-corrected chi connectivity index (χ3v) is 5.12. The molecule has 0 spiro atoms. The fourth-order valence-electron chi connectivity index (χ4n) is 3.39. The standard InChI is InChI=1S/C24H34F2N2/c1-3-4-5-6-7-8-9-12-20-14-15-22(23(26)16-20)24-27-17-21(18-28-24)13-10-11-19(2)25/h14-19H,3-13H2,1-2H3. The molecule has 1 aromatic carbocycles. The van der Waals surface area contributed by atoms with E-state index in [0.29, 0.717) is 17.8 Å². The third kappa shape index (κ3) is 8.04. The molecule has 0 bridgehead atoms. The van der Waals surface area contributed by atoms with Gasteiger partial charge in [-0.3, -0.25) is 0 Å². The van der Waals surface area contributed by atoms with E-state index >= 15 is 0 Å². The smallest absolute Gasteiger partial charge is 0.162 e. The van der Waals surface area contributed by atoms with Gasteiger partial charge in [0.1, 0.15) is 5.82 Å². The highest BCUT2D eigenvalue weighted by Crippen LogP contribution is 2.22. The summed E-state index contributed by atoms with van der Waals surface area (Å²) < 4.78 is 27.4. The molecule has 2 rings (SSSR count). The summed E-state index contributed by atoms with van der Waals surface area (Å²) in [6.07, 6.45) is 14.4. The Labute approximate surface area is 168 Å². The van der Waals surface area contributed by atoms with Gasteiger partial charge in [-0.05, 0) is 62.3 Å². The predicted octanol–water partition coefficient (Wildman–Crippen LogP) is 7.26. The first-order chi connectivity index (χ1) is 13.6. The number of halogens is 2. The van der Waals surface area contributed by atoms with E-state index in [1.54, 1.807) is 31.5 Å². The lowest BCUT2D eigenvalue weighted by atomic mass is 10.0. The number of rotatable bonds is 13. The molecule has 0 radical (unpaired) electrons.